The first-order valence-corrected chi connectivity index (χ1v) is 10.7. The first kappa shape index (κ1) is 20.6. The highest BCUT2D eigenvalue weighted by Gasteiger charge is 2.21. The number of benzene rings is 2. The molecule has 0 unspecified atom stereocenters. The van der Waals surface area contributed by atoms with E-state index in [0.717, 1.165) is 38.2 Å². The van der Waals surface area contributed by atoms with Crippen LogP contribution in [0.4, 0.5) is 11.5 Å². The number of nitrogens with zero attached hydrogens (tertiary/aromatic N) is 3. The number of aromatic nitrogens is 2. The second kappa shape index (κ2) is 9.45. The quantitative estimate of drug-likeness (QED) is 0.569. The second-order valence-corrected chi connectivity index (χ2v) is 8.26. The molecule has 1 N–H and O–H groups in total. The predicted octanol–water partition coefficient (Wildman–Crippen LogP) is 5.49. The Bertz CT molecular complexity index is 983. The number of nitrogens with one attached hydrogen (secondary N) is 1. The number of anilines is 2. The number of halogens is 2. The SMILES string of the molecule is O=C(Nc1c(Cl)cccc1Cl)c1ccc(N2CCC(Cc3ccccc3)CC2)nn1. The second-order valence-electron chi connectivity index (χ2n) is 7.45. The molecule has 7 heteroatoms. The van der Waals surface area contributed by atoms with Crippen LogP contribution in [0, 0.1) is 5.92 Å². The van der Waals surface area contributed by atoms with Gasteiger partial charge >= 0.3 is 0 Å². The van der Waals surface area contributed by atoms with Gasteiger partial charge in [-0.1, -0.05) is 59.6 Å². The third-order valence-corrected chi connectivity index (χ3v) is 6.02. The first-order valence-electron chi connectivity index (χ1n) is 9.98. The van der Waals surface area contributed by atoms with E-state index in [-0.39, 0.29) is 5.69 Å². The van der Waals surface area contributed by atoms with Crippen LogP contribution in [0.15, 0.2) is 60.7 Å². The molecule has 1 aliphatic heterocycles. The van der Waals surface area contributed by atoms with Crippen molar-refractivity contribution in [3.63, 3.8) is 0 Å². The Morgan fingerprint density at radius 2 is 1.63 bits per heavy atom. The molecule has 1 aliphatic rings. The summed E-state index contributed by atoms with van der Waals surface area (Å²) in [6.07, 6.45) is 3.34. The summed E-state index contributed by atoms with van der Waals surface area (Å²) < 4.78 is 0. The van der Waals surface area contributed by atoms with Crippen LogP contribution >= 0.6 is 23.2 Å². The van der Waals surface area contributed by atoms with Gasteiger partial charge < -0.3 is 10.2 Å². The van der Waals surface area contributed by atoms with Crippen LogP contribution in [0.3, 0.4) is 0 Å². The van der Waals surface area contributed by atoms with Crippen molar-refractivity contribution in [3.8, 4) is 0 Å². The fourth-order valence-electron chi connectivity index (χ4n) is 3.72. The normalized spacial score (nSPS) is 14.5. The molecule has 1 aromatic heterocycles. The van der Waals surface area contributed by atoms with Crippen molar-refractivity contribution in [1.29, 1.82) is 0 Å². The summed E-state index contributed by atoms with van der Waals surface area (Å²) in [5, 5.41) is 11.8. The highest BCUT2D eigenvalue weighted by atomic mass is 35.5. The summed E-state index contributed by atoms with van der Waals surface area (Å²) in [4.78, 5) is 14.7. The van der Waals surface area contributed by atoms with E-state index in [0.29, 0.717) is 21.7 Å². The van der Waals surface area contributed by atoms with Gasteiger partial charge in [0, 0.05) is 13.1 Å². The van der Waals surface area contributed by atoms with Crippen molar-refractivity contribution in [1.82, 2.24) is 10.2 Å². The summed E-state index contributed by atoms with van der Waals surface area (Å²) in [6.45, 7) is 1.87. The van der Waals surface area contributed by atoms with Crippen molar-refractivity contribution >= 4 is 40.6 Å². The van der Waals surface area contributed by atoms with Gasteiger partial charge in [-0.15, -0.1) is 10.2 Å². The molecule has 1 amide bonds. The van der Waals surface area contributed by atoms with Gasteiger partial charge in [0.1, 0.15) is 0 Å². The van der Waals surface area contributed by atoms with Gasteiger partial charge in [-0.05, 0) is 55.0 Å². The van der Waals surface area contributed by atoms with E-state index >= 15 is 0 Å². The van der Waals surface area contributed by atoms with E-state index < -0.39 is 5.91 Å². The van der Waals surface area contributed by atoms with E-state index in [4.69, 9.17) is 23.2 Å². The Kier molecular flexibility index (Phi) is 6.50. The maximum Gasteiger partial charge on any atom is 0.276 e. The molecule has 0 bridgehead atoms. The molecule has 4 rings (SSSR count). The lowest BCUT2D eigenvalue weighted by Crippen LogP contribution is -2.35. The van der Waals surface area contributed by atoms with Crippen LogP contribution in [0.5, 0.6) is 0 Å². The molecule has 0 saturated carbocycles. The molecular formula is C23H22Cl2N4O. The Hall–Kier alpha value is -2.63. The summed E-state index contributed by atoms with van der Waals surface area (Å²) in [6, 6.07) is 19.2. The molecule has 154 valence electrons. The number of carbonyl (C=O) groups is 1. The van der Waals surface area contributed by atoms with Gasteiger partial charge in [0.05, 0.1) is 15.7 Å². The van der Waals surface area contributed by atoms with Crippen LogP contribution < -0.4 is 10.2 Å². The number of hydrogen-bond acceptors (Lipinski definition) is 4. The number of hydrogen-bond donors (Lipinski definition) is 1. The van der Waals surface area contributed by atoms with E-state index in [1.807, 2.05) is 6.07 Å². The number of rotatable bonds is 5. The summed E-state index contributed by atoms with van der Waals surface area (Å²) in [5.41, 5.74) is 1.98. The highest BCUT2D eigenvalue weighted by molar-refractivity contribution is 6.39. The zero-order chi connectivity index (χ0) is 20.9. The van der Waals surface area contributed by atoms with Crippen LogP contribution in [-0.2, 0) is 6.42 Å². The Morgan fingerprint density at radius 3 is 2.27 bits per heavy atom. The number of amides is 1. The third kappa shape index (κ3) is 4.91. The zero-order valence-electron chi connectivity index (χ0n) is 16.4. The Labute approximate surface area is 186 Å². The maximum atomic E-state index is 12.5. The number of para-hydroxylation sites is 1. The topological polar surface area (TPSA) is 58.1 Å². The van der Waals surface area contributed by atoms with Crippen molar-refractivity contribution in [2.75, 3.05) is 23.3 Å². The summed E-state index contributed by atoms with van der Waals surface area (Å²) >= 11 is 12.2. The van der Waals surface area contributed by atoms with Crippen LogP contribution in [0.1, 0.15) is 28.9 Å². The van der Waals surface area contributed by atoms with Crippen molar-refractivity contribution in [2.45, 2.75) is 19.3 Å². The molecule has 0 aliphatic carbocycles. The van der Waals surface area contributed by atoms with Gasteiger partial charge in [-0.2, -0.15) is 0 Å². The molecule has 3 aromatic rings. The first-order chi connectivity index (χ1) is 14.6. The lowest BCUT2D eigenvalue weighted by molar-refractivity contribution is 0.102. The summed E-state index contributed by atoms with van der Waals surface area (Å²) in [7, 11) is 0. The lowest BCUT2D eigenvalue weighted by Gasteiger charge is -2.32. The third-order valence-electron chi connectivity index (χ3n) is 5.39. The molecule has 0 spiro atoms. The minimum Gasteiger partial charge on any atom is -0.355 e. The fourth-order valence-corrected chi connectivity index (χ4v) is 4.22. The van der Waals surface area contributed by atoms with Gasteiger partial charge in [0.15, 0.2) is 11.5 Å². The standard InChI is InChI=1S/C23H22Cl2N4O/c24-18-7-4-8-19(25)22(18)26-23(30)20-9-10-21(28-27-20)29-13-11-17(12-14-29)15-16-5-2-1-3-6-16/h1-10,17H,11-15H2,(H,26,30). The van der Waals surface area contributed by atoms with Gasteiger partial charge in [-0.3, -0.25) is 4.79 Å². The predicted molar refractivity (Wildman–Crippen MR) is 122 cm³/mol. The zero-order valence-corrected chi connectivity index (χ0v) is 17.9. The minimum atomic E-state index is -0.398. The molecule has 30 heavy (non-hydrogen) atoms. The molecule has 1 saturated heterocycles. The fraction of sp³-hybridized carbons (Fsp3) is 0.261. The molecule has 5 nitrogen and oxygen atoms in total. The summed E-state index contributed by atoms with van der Waals surface area (Å²) in [5.74, 6) is 1.08. The van der Waals surface area contributed by atoms with E-state index in [2.05, 4.69) is 50.7 Å². The number of piperidine rings is 1. The van der Waals surface area contributed by atoms with Crippen LogP contribution in [0.2, 0.25) is 10.0 Å². The lowest BCUT2D eigenvalue weighted by atomic mass is 9.90. The van der Waals surface area contributed by atoms with Crippen molar-refractivity contribution in [2.24, 2.45) is 5.92 Å². The number of carbonyl (C=O) groups excluding carboxylic acids is 1. The molecule has 1 fully saturated rings. The molecule has 0 radical (unpaired) electrons. The van der Waals surface area contributed by atoms with Crippen LogP contribution in [-0.4, -0.2) is 29.2 Å². The smallest absolute Gasteiger partial charge is 0.276 e. The van der Waals surface area contributed by atoms with E-state index in [9.17, 15) is 4.79 Å². The molecule has 0 atom stereocenters. The Balaban J connectivity index is 1.34. The van der Waals surface area contributed by atoms with Crippen LogP contribution in [0.25, 0.3) is 0 Å². The minimum absolute atomic E-state index is 0.216. The van der Waals surface area contributed by atoms with Gasteiger partial charge in [0.25, 0.3) is 5.91 Å². The van der Waals surface area contributed by atoms with Crippen molar-refractivity contribution in [3.05, 3.63) is 82.0 Å². The molecule has 2 aromatic carbocycles. The van der Waals surface area contributed by atoms with E-state index in [1.54, 1.807) is 24.3 Å². The molecule has 2 heterocycles. The largest absolute Gasteiger partial charge is 0.355 e. The molecular weight excluding hydrogens is 419 g/mol. The highest BCUT2D eigenvalue weighted by Crippen LogP contribution is 2.30. The Morgan fingerprint density at radius 1 is 0.933 bits per heavy atom. The van der Waals surface area contributed by atoms with Gasteiger partial charge in [-0.25, -0.2) is 0 Å². The average Bonchev–Trinajstić information content (AvgIpc) is 2.78. The monoisotopic (exact) mass is 440 g/mol. The van der Waals surface area contributed by atoms with E-state index in [1.165, 1.54) is 5.56 Å². The average molecular weight is 441 g/mol. The maximum absolute atomic E-state index is 12.5. The van der Waals surface area contributed by atoms with Gasteiger partial charge in [0.2, 0.25) is 0 Å². The van der Waals surface area contributed by atoms with Crippen molar-refractivity contribution < 1.29 is 4.79 Å².